The number of thiophene rings is 1. The highest BCUT2D eigenvalue weighted by Gasteiger charge is 2.22. The van der Waals surface area contributed by atoms with E-state index in [4.69, 9.17) is 4.74 Å². The lowest BCUT2D eigenvalue weighted by molar-refractivity contribution is 0.0200. The van der Waals surface area contributed by atoms with Crippen molar-refractivity contribution in [3.63, 3.8) is 0 Å². The lowest BCUT2D eigenvalue weighted by Gasteiger charge is -2.22. The van der Waals surface area contributed by atoms with E-state index in [1.807, 2.05) is 0 Å². The Kier molecular flexibility index (Phi) is 5.35. The average Bonchev–Trinajstić information content (AvgIpc) is 2.87. The summed E-state index contributed by atoms with van der Waals surface area (Å²) in [4.78, 5) is 1.21. The third kappa shape index (κ3) is 4.00. The predicted octanol–water partition coefficient (Wildman–Crippen LogP) is 1.31. The Morgan fingerprint density at radius 2 is 2.32 bits per heavy atom. The highest BCUT2D eigenvalue weighted by Crippen LogP contribution is 2.22. The van der Waals surface area contributed by atoms with Crippen LogP contribution in [0.25, 0.3) is 0 Å². The minimum Gasteiger partial charge on any atom is -0.377 e. The zero-order valence-corrected chi connectivity index (χ0v) is 12.6. The Labute approximate surface area is 118 Å². The summed E-state index contributed by atoms with van der Waals surface area (Å²) in [5.41, 5.74) is 0. The first-order valence-corrected chi connectivity index (χ1v) is 8.82. The Morgan fingerprint density at radius 1 is 1.47 bits per heavy atom. The molecule has 0 amide bonds. The summed E-state index contributed by atoms with van der Waals surface area (Å²) in [6.07, 6.45) is 3.11. The van der Waals surface area contributed by atoms with Crippen molar-refractivity contribution in [3.05, 3.63) is 16.3 Å². The van der Waals surface area contributed by atoms with Gasteiger partial charge in [0.2, 0.25) is 10.0 Å². The Morgan fingerprint density at radius 3 is 3.00 bits per heavy atom. The first-order chi connectivity index (χ1) is 9.13. The van der Waals surface area contributed by atoms with Crippen molar-refractivity contribution in [2.24, 2.45) is 0 Å². The molecule has 1 saturated heterocycles. The topological polar surface area (TPSA) is 67.4 Å². The van der Waals surface area contributed by atoms with E-state index in [1.165, 1.54) is 11.3 Å². The van der Waals surface area contributed by atoms with Gasteiger partial charge in [-0.2, -0.15) is 0 Å². The Bertz CT molecular complexity index is 493. The predicted molar refractivity (Wildman–Crippen MR) is 75.9 cm³/mol. The molecule has 1 unspecified atom stereocenters. The van der Waals surface area contributed by atoms with Crippen molar-refractivity contribution < 1.29 is 13.2 Å². The highest BCUT2D eigenvalue weighted by atomic mass is 32.2. The highest BCUT2D eigenvalue weighted by molar-refractivity contribution is 7.89. The summed E-state index contributed by atoms with van der Waals surface area (Å²) in [5.74, 6) is 0. The minimum absolute atomic E-state index is 0.00918. The van der Waals surface area contributed by atoms with Crippen molar-refractivity contribution in [2.75, 3.05) is 20.2 Å². The van der Waals surface area contributed by atoms with E-state index < -0.39 is 10.0 Å². The van der Waals surface area contributed by atoms with Gasteiger partial charge in [0.1, 0.15) is 0 Å². The second kappa shape index (κ2) is 6.81. The first kappa shape index (κ1) is 14.9. The standard InChI is InChI=1S/C12H20N2O3S2/c1-13-9-11-12(5-7-18-11)19(15,16)14-8-10-4-2-3-6-17-10/h5,7,10,13-14H,2-4,6,8-9H2,1H3. The Hall–Kier alpha value is -0.470. The quantitative estimate of drug-likeness (QED) is 0.832. The van der Waals surface area contributed by atoms with E-state index in [2.05, 4.69) is 10.0 Å². The van der Waals surface area contributed by atoms with Crippen LogP contribution >= 0.6 is 11.3 Å². The summed E-state index contributed by atoms with van der Waals surface area (Å²) in [6, 6.07) is 1.65. The monoisotopic (exact) mass is 304 g/mol. The largest absolute Gasteiger partial charge is 0.377 e. The molecule has 0 aliphatic carbocycles. The van der Waals surface area contributed by atoms with E-state index in [0.29, 0.717) is 18.0 Å². The molecule has 108 valence electrons. The second-order valence-electron chi connectivity index (χ2n) is 4.58. The van der Waals surface area contributed by atoms with Gasteiger partial charge >= 0.3 is 0 Å². The van der Waals surface area contributed by atoms with E-state index in [9.17, 15) is 8.42 Å². The molecule has 1 aromatic heterocycles. The first-order valence-electron chi connectivity index (χ1n) is 6.45. The van der Waals surface area contributed by atoms with Gasteiger partial charge < -0.3 is 10.1 Å². The van der Waals surface area contributed by atoms with E-state index >= 15 is 0 Å². The fourth-order valence-electron chi connectivity index (χ4n) is 2.11. The number of ether oxygens (including phenoxy) is 1. The molecule has 2 rings (SSSR count). The lowest BCUT2D eigenvalue weighted by atomic mass is 10.1. The normalized spacial score (nSPS) is 20.6. The SMILES string of the molecule is CNCc1sccc1S(=O)(=O)NCC1CCCCO1. The fraction of sp³-hybridized carbons (Fsp3) is 0.667. The van der Waals surface area contributed by atoms with Crippen LogP contribution in [0.15, 0.2) is 16.3 Å². The van der Waals surface area contributed by atoms with Gasteiger partial charge in [-0.1, -0.05) is 0 Å². The summed E-state index contributed by atoms with van der Waals surface area (Å²) in [7, 11) is -1.62. The minimum atomic E-state index is -3.43. The second-order valence-corrected chi connectivity index (χ2v) is 7.31. The van der Waals surface area contributed by atoms with Crippen LogP contribution in [0.4, 0.5) is 0 Å². The number of sulfonamides is 1. The van der Waals surface area contributed by atoms with Gasteiger partial charge in [-0.25, -0.2) is 13.1 Å². The lowest BCUT2D eigenvalue weighted by Crippen LogP contribution is -2.35. The molecule has 1 fully saturated rings. The fourth-order valence-corrected chi connectivity index (χ4v) is 4.63. The van der Waals surface area contributed by atoms with Crippen LogP contribution in [-0.4, -0.2) is 34.7 Å². The van der Waals surface area contributed by atoms with Crippen molar-refractivity contribution in [3.8, 4) is 0 Å². The maximum absolute atomic E-state index is 12.2. The van der Waals surface area contributed by atoms with Gasteiger partial charge in [-0.05, 0) is 37.8 Å². The van der Waals surface area contributed by atoms with Crippen molar-refractivity contribution >= 4 is 21.4 Å². The molecule has 2 heterocycles. The molecule has 19 heavy (non-hydrogen) atoms. The van der Waals surface area contributed by atoms with Crippen molar-refractivity contribution in [1.29, 1.82) is 0 Å². The van der Waals surface area contributed by atoms with Crippen LogP contribution in [0.5, 0.6) is 0 Å². The van der Waals surface area contributed by atoms with Crippen LogP contribution in [0, 0.1) is 0 Å². The van der Waals surface area contributed by atoms with Crippen LogP contribution in [0.1, 0.15) is 24.1 Å². The third-order valence-corrected chi connectivity index (χ3v) is 5.66. The smallest absolute Gasteiger partial charge is 0.241 e. The molecule has 1 aliphatic heterocycles. The zero-order chi connectivity index (χ0) is 13.7. The summed E-state index contributed by atoms with van der Waals surface area (Å²) >= 11 is 1.45. The number of hydrogen-bond donors (Lipinski definition) is 2. The molecule has 0 saturated carbocycles. The summed E-state index contributed by atoms with van der Waals surface area (Å²) < 4.78 is 32.7. The molecular weight excluding hydrogens is 284 g/mol. The summed E-state index contributed by atoms with van der Waals surface area (Å²) in [5, 5.41) is 4.79. The third-order valence-electron chi connectivity index (χ3n) is 3.11. The van der Waals surface area contributed by atoms with Crippen LogP contribution in [0.2, 0.25) is 0 Å². The molecule has 0 spiro atoms. The van der Waals surface area contributed by atoms with Crippen LogP contribution < -0.4 is 10.0 Å². The van der Waals surface area contributed by atoms with Gasteiger partial charge in [-0.15, -0.1) is 11.3 Å². The maximum atomic E-state index is 12.2. The molecule has 0 bridgehead atoms. The van der Waals surface area contributed by atoms with E-state index in [-0.39, 0.29) is 6.10 Å². The van der Waals surface area contributed by atoms with Crippen LogP contribution in [0.3, 0.4) is 0 Å². The number of hydrogen-bond acceptors (Lipinski definition) is 5. The van der Waals surface area contributed by atoms with Crippen LogP contribution in [-0.2, 0) is 21.3 Å². The molecule has 2 N–H and O–H groups in total. The molecule has 1 aliphatic rings. The van der Waals surface area contributed by atoms with Crippen molar-refractivity contribution in [1.82, 2.24) is 10.0 Å². The Balaban J connectivity index is 1.98. The van der Waals surface area contributed by atoms with Crippen molar-refractivity contribution in [2.45, 2.75) is 36.8 Å². The molecule has 5 nitrogen and oxygen atoms in total. The van der Waals surface area contributed by atoms with Gasteiger partial charge in [-0.3, -0.25) is 0 Å². The van der Waals surface area contributed by atoms with E-state index in [1.54, 1.807) is 18.5 Å². The number of nitrogens with one attached hydrogen (secondary N) is 2. The zero-order valence-electron chi connectivity index (χ0n) is 11.0. The molecule has 7 heteroatoms. The maximum Gasteiger partial charge on any atom is 0.241 e. The molecular formula is C12H20N2O3S2. The van der Waals surface area contributed by atoms with E-state index in [0.717, 1.165) is 30.7 Å². The summed E-state index contributed by atoms with van der Waals surface area (Å²) in [6.45, 7) is 1.65. The van der Waals surface area contributed by atoms with Gasteiger partial charge in [0.25, 0.3) is 0 Å². The number of rotatable bonds is 6. The molecule has 0 aromatic carbocycles. The molecule has 1 atom stereocenters. The average molecular weight is 304 g/mol. The molecule has 0 radical (unpaired) electrons. The van der Waals surface area contributed by atoms with Gasteiger partial charge in [0, 0.05) is 24.6 Å². The van der Waals surface area contributed by atoms with Gasteiger partial charge in [0.15, 0.2) is 0 Å². The van der Waals surface area contributed by atoms with Gasteiger partial charge in [0.05, 0.1) is 11.0 Å². The molecule has 1 aromatic rings.